The summed E-state index contributed by atoms with van der Waals surface area (Å²) in [7, 11) is 0. The Morgan fingerprint density at radius 1 is 0.618 bits per heavy atom. The van der Waals surface area contributed by atoms with Crippen molar-refractivity contribution in [1.29, 1.82) is 0 Å². The van der Waals surface area contributed by atoms with Crippen LogP contribution in [0.3, 0.4) is 0 Å². The maximum absolute atomic E-state index is 10.3. The summed E-state index contributed by atoms with van der Waals surface area (Å²) in [5.41, 5.74) is 2.04. The van der Waals surface area contributed by atoms with E-state index in [1.165, 1.54) is 38.2 Å². The molecule has 6 aliphatic heterocycles. The van der Waals surface area contributed by atoms with Crippen LogP contribution >= 0.6 is 0 Å². The molecule has 14 nitrogen and oxygen atoms in total. The van der Waals surface area contributed by atoms with Crippen LogP contribution < -0.4 is 4.74 Å². The van der Waals surface area contributed by atoms with E-state index in [2.05, 4.69) is 0 Å². The maximum atomic E-state index is 10.3. The standard InChI is InChI=1S/2C12H20O6.C11H14O2.C5H10.Ti/c2*1-11(2)14-5-6(16-11)8-7(13)9-10(15-8)18-12(3,4)17-9;1-4-10(12)13-11-8(2)6-5-7-9(11)3;1-2-4-5-3-1;/h2*6-10,13H,5H2,1-4H3;4-7,12H,1-3H3;1-5H2;/b;;10-4+;;/t2*6-,7+,8-,9-,10-;;;/m11.../s1. The van der Waals surface area contributed by atoms with Crippen LogP contribution in [0.2, 0.25) is 0 Å². The average Bonchev–Trinajstić information content (AvgIpc) is 3.95. The summed E-state index contributed by atoms with van der Waals surface area (Å²) in [6, 6.07) is 5.86. The molecule has 6 saturated heterocycles. The average molecular weight is 817 g/mol. The van der Waals surface area contributed by atoms with Gasteiger partial charge in [-0.1, -0.05) is 50.3 Å². The largest absolute Gasteiger partial charge is 0.481 e. The maximum Gasteiger partial charge on any atom is 0.277 e. The van der Waals surface area contributed by atoms with Crippen LogP contribution in [-0.2, 0) is 69.1 Å². The number of aliphatic hydroxyl groups is 3. The number of ether oxygens (including phenoxy) is 11. The van der Waals surface area contributed by atoms with Crippen LogP contribution in [-0.4, -0.2) is 113 Å². The van der Waals surface area contributed by atoms with Crippen molar-refractivity contribution in [3.8, 4) is 5.75 Å². The molecule has 7 aliphatic rings. The normalized spacial score (nSPS) is 37.3. The van der Waals surface area contributed by atoms with Gasteiger partial charge in [0.2, 0.25) is 0 Å². The topological polar surface area (TPSA) is 162 Å². The van der Waals surface area contributed by atoms with E-state index in [0.29, 0.717) is 13.2 Å². The Kier molecular flexibility index (Phi) is 15.9. The first-order chi connectivity index (χ1) is 25.2. The van der Waals surface area contributed by atoms with Gasteiger partial charge in [0.15, 0.2) is 35.7 Å². The molecule has 1 aromatic rings. The minimum absolute atomic E-state index is 0. The third-order valence-electron chi connectivity index (χ3n) is 10.0. The molecule has 0 aromatic heterocycles. The van der Waals surface area contributed by atoms with E-state index in [0.717, 1.165) is 16.9 Å². The van der Waals surface area contributed by atoms with E-state index in [1.807, 2.05) is 59.7 Å². The summed E-state index contributed by atoms with van der Waals surface area (Å²) < 4.78 is 61.5. The van der Waals surface area contributed by atoms with Crippen LogP contribution in [0.4, 0.5) is 0 Å². The van der Waals surface area contributed by atoms with Crippen LogP contribution in [0.5, 0.6) is 5.75 Å². The molecule has 0 radical (unpaired) electrons. The van der Waals surface area contributed by atoms with Crippen molar-refractivity contribution in [2.24, 2.45) is 0 Å². The molecule has 1 saturated carbocycles. The van der Waals surface area contributed by atoms with Gasteiger partial charge in [0.05, 0.1) is 13.2 Å². The summed E-state index contributed by atoms with van der Waals surface area (Å²) in [4.78, 5) is 0. The molecule has 0 unspecified atom stereocenters. The fraction of sp³-hybridized carbons (Fsp3) is 0.800. The molecule has 0 bridgehead atoms. The molecule has 10 atom stereocenters. The number of aliphatic hydroxyl groups excluding tert-OH is 3. The number of hydrogen-bond acceptors (Lipinski definition) is 14. The molecule has 0 spiro atoms. The van der Waals surface area contributed by atoms with E-state index in [-0.39, 0.29) is 39.9 Å². The van der Waals surface area contributed by atoms with Gasteiger partial charge < -0.3 is 67.4 Å². The molecule has 15 heteroatoms. The Morgan fingerprint density at radius 3 is 1.31 bits per heavy atom. The first-order valence-corrected chi connectivity index (χ1v) is 19.3. The minimum Gasteiger partial charge on any atom is -0.481 e. The second kappa shape index (κ2) is 18.8. The molecular weight excluding hydrogens is 752 g/mol. The molecule has 8 rings (SSSR count). The number of benzene rings is 1. The number of aryl methyl sites for hydroxylation is 2. The third kappa shape index (κ3) is 12.2. The van der Waals surface area contributed by atoms with Crippen molar-refractivity contribution >= 4 is 0 Å². The number of para-hydroxylation sites is 1. The van der Waals surface area contributed by atoms with Gasteiger partial charge in [-0.2, -0.15) is 0 Å². The number of rotatable bonds is 4. The molecule has 7 fully saturated rings. The summed E-state index contributed by atoms with van der Waals surface area (Å²) in [6.45, 7) is 21.0. The second-order valence-corrected chi connectivity index (χ2v) is 16.6. The van der Waals surface area contributed by atoms with Crippen LogP contribution in [0.15, 0.2) is 30.2 Å². The minimum atomic E-state index is -0.765. The first-order valence-electron chi connectivity index (χ1n) is 19.3. The SMILES string of the molecule is C/C=C(\O)Oc1c(C)cccc1C.C1CCCC1.CC1(C)O[C@H]2O[C@H]([C@H]3COC(C)(C)O3)[C@H](O)[C@H]2O1.CC1(C)O[C@H]2O[C@H]([C@H]3COC(C)(C)O3)[C@H](O)[C@H]2O1.[Ti]. The zero-order valence-corrected chi connectivity index (χ0v) is 35.9. The number of hydrogen-bond donors (Lipinski definition) is 3. The van der Waals surface area contributed by atoms with Crippen LogP contribution in [0.25, 0.3) is 0 Å². The van der Waals surface area contributed by atoms with Gasteiger partial charge in [-0.3, -0.25) is 0 Å². The van der Waals surface area contributed by atoms with Crippen molar-refractivity contribution in [3.05, 3.63) is 41.3 Å². The van der Waals surface area contributed by atoms with Gasteiger partial charge >= 0.3 is 0 Å². The quantitative estimate of drug-likeness (QED) is 0.247. The van der Waals surface area contributed by atoms with Crippen molar-refractivity contribution in [3.63, 3.8) is 0 Å². The van der Waals surface area contributed by atoms with Gasteiger partial charge in [0.1, 0.15) is 54.6 Å². The Hall–Kier alpha value is -1.21. The summed E-state index contributed by atoms with van der Waals surface area (Å²) in [5, 5.41) is 29.7. The summed E-state index contributed by atoms with van der Waals surface area (Å²) in [5.74, 6) is -2.02. The molecular formula is C40H64O14Ti. The van der Waals surface area contributed by atoms with Crippen molar-refractivity contribution in [2.45, 2.75) is 193 Å². The van der Waals surface area contributed by atoms with Crippen molar-refractivity contribution < 1.29 is 89.1 Å². The number of fused-ring (bicyclic) bond motifs is 2. The predicted octanol–water partition coefficient (Wildman–Crippen LogP) is 5.80. The van der Waals surface area contributed by atoms with E-state index in [9.17, 15) is 15.3 Å². The fourth-order valence-corrected chi connectivity index (χ4v) is 7.41. The van der Waals surface area contributed by atoms with Crippen molar-refractivity contribution in [1.82, 2.24) is 0 Å². The molecule has 0 amide bonds. The second-order valence-electron chi connectivity index (χ2n) is 16.6. The zero-order valence-electron chi connectivity index (χ0n) is 34.4. The smallest absolute Gasteiger partial charge is 0.277 e. The molecule has 55 heavy (non-hydrogen) atoms. The molecule has 3 N–H and O–H groups in total. The van der Waals surface area contributed by atoms with E-state index >= 15 is 0 Å². The molecule has 1 aromatic carbocycles. The fourth-order valence-electron chi connectivity index (χ4n) is 7.41. The van der Waals surface area contributed by atoms with Crippen LogP contribution in [0.1, 0.15) is 106 Å². The van der Waals surface area contributed by atoms with Gasteiger partial charge in [-0.05, 0) is 93.4 Å². The Balaban J connectivity index is 0.000000173. The van der Waals surface area contributed by atoms with E-state index in [1.54, 1.807) is 34.6 Å². The monoisotopic (exact) mass is 816 g/mol. The van der Waals surface area contributed by atoms with Crippen LogP contribution in [0, 0.1) is 13.8 Å². The first kappa shape index (κ1) is 46.5. The van der Waals surface area contributed by atoms with Gasteiger partial charge in [-0.15, -0.1) is 0 Å². The molecule has 6 heterocycles. The van der Waals surface area contributed by atoms with Gasteiger partial charge in [-0.25, -0.2) is 0 Å². The Bertz CT molecular complexity index is 1320. The van der Waals surface area contributed by atoms with E-state index < -0.39 is 72.4 Å². The molecule has 1 aliphatic carbocycles. The summed E-state index contributed by atoms with van der Waals surface area (Å²) >= 11 is 0. The Morgan fingerprint density at radius 2 is 1.00 bits per heavy atom. The van der Waals surface area contributed by atoms with Crippen molar-refractivity contribution in [2.75, 3.05) is 13.2 Å². The van der Waals surface area contributed by atoms with Gasteiger partial charge in [0.25, 0.3) is 5.95 Å². The Labute approximate surface area is 341 Å². The van der Waals surface area contributed by atoms with E-state index in [4.69, 9.17) is 52.1 Å². The predicted molar refractivity (Wildman–Crippen MR) is 195 cm³/mol. The van der Waals surface area contributed by atoms with Gasteiger partial charge in [0, 0.05) is 21.7 Å². The summed E-state index contributed by atoms with van der Waals surface area (Å²) in [6.07, 6.45) is 3.96. The zero-order chi connectivity index (χ0) is 39.6. The molecule has 312 valence electrons. The number of allylic oxidation sites excluding steroid dienone is 1. The third-order valence-corrected chi connectivity index (χ3v) is 10.0.